The number of likely N-dealkylation sites (tertiary alicyclic amines) is 1. The lowest BCUT2D eigenvalue weighted by molar-refractivity contribution is -0.122. The van der Waals surface area contributed by atoms with Crippen LogP contribution in [-0.2, 0) is 9.53 Å². The highest BCUT2D eigenvalue weighted by Crippen LogP contribution is 2.17. The lowest BCUT2D eigenvalue weighted by Crippen LogP contribution is -2.37. The Balaban J connectivity index is 2.18. The van der Waals surface area contributed by atoms with Crippen molar-refractivity contribution in [2.45, 2.75) is 19.8 Å². The quantitative estimate of drug-likeness (QED) is 0.652. The van der Waals surface area contributed by atoms with Crippen molar-refractivity contribution in [3.05, 3.63) is 0 Å². The Hall–Kier alpha value is -0.410. The molecule has 0 aliphatic carbocycles. The average Bonchev–Trinajstić information content (AvgIpc) is 2.15. The predicted octanol–water partition coefficient (Wildman–Crippen LogP) is 0.934. The first-order valence-electron chi connectivity index (χ1n) is 4.95. The Morgan fingerprint density at radius 3 is 2.54 bits per heavy atom. The van der Waals surface area contributed by atoms with Crippen LogP contribution in [0.15, 0.2) is 0 Å². The average molecular weight is 185 g/mol. The highest BCUT2D eigenvalue weighted by atomic mass is 16.5. The van der Waals surface area contributed by atoms with Crippen LogP contribution >= 0.6 is 0 Å². The number of carbonyl (C=O) groups excluding carboxylic acids is 1. The van der Waals surface area contributed by atoms with Crippen LogP contribution in [0.2, 0.25) is 0 Å². The van der Waals surface area contributed by atoms with Crippen LogP contribution in [0, 0.1) is 5.92 Å². The highest BCUT2D eigenvalue weighted by molar-refractivity contribution is 5.78. The lowest BCUT2D eigenvalue weighted by Gasteiger charge is -2.30. The fourth-order valence-corrected chi connectivity index (χ4v) is 1.78. The van der Waals surface area contributed by atoms with Gasteiger partial charge >= 0.3 is 0 Å². The van der Waals surface area contributed by atoms with E-state index in [0.717, 1.165) is 39.1 Å². The molecule has 1 rings (SSSR count). The van der Waals surface area contributed by atoms with Gasteiger partial charge < -0.3 is 9.64 Å². The van der Waals surface area contributed by atoms with E-state index in [0.29, 0.717) is 11.7 Å². The molecule has 3 heteroatoms. The maximum Gasteiger partial charge on any atom is 0.133 e. The molecule has 0 saturated carbocycles. The Labute approximate surface area is 80.1 Å². The van der Waals surface area contributed by atoms with Gasteiger partial charge in [0.25, 0.3) is 0 Å². The van der Waals surface area contributed by atoms with Gasteiger partial charge in [0.05, 0.1) is 6.61 Å². The number of hydrogen-bond donors (Lipinski definition) is 0. The van der Waals surface area contributed by atoms with E-state index in [-0.39, 0.29) is 0 Å². The number of ether oxygens (including phenoxy) is 1. The maximum atomic E-state index is 11.1. The third-order valence-electron chi connectivity index (χ3n) is 2.77. The number of piperidine rings is 1. The first kappa shape index (κ1) is 10.7. The standard InChI is InChI=1S/C10H19NO2/c1-9(12)10-3-5-11(6-4-10)7-8-13-2/h10H,3-8H2,1-2H3. The molecule has 0 aromatic carbocycles. The van der Waals surface area contributed by atoms with E-state index < -0.39 is 0 Å². The molecule has 0 bridgehead atoms. The summed E-state index contributed by atoms with van der Waals surface area (Å²) in [5.74, 6) is 0.671. The number of methoxy groups -OCH3 is 1. The summed E-state index contributed by atoms with van der Waals surface area (Å²) in [5.41, 5.74) is 0. The minimum atomic E-state index is 0.318. The number of Topliss-reactive ketones (excluding diaryl/α,β-unsaturated/α-hetero) is 1. The Morgan fingerprint density at radius 1 is 1.46 bits per heavy atom. The summed E-state index contributed by atoms with van der Waals surface area (Å²) in [4.78, 5) is 13.4. The van der Waals surface area contributed by atoms with E-state index in [1.807, 2.05) is 0 Å². The molecule has 0 aromatic rings. The van der Waals surface area contributed by atoms with Gasteiger partial charge in [0.1, 0.15) is 5.78 Å². The van der Waals surface area contributed by atoms with Gasteiger partial charge in [-0.05, 0) is 32.9 Å². The second kappa shape index (κ2) is 5.35. The van der Waals surface area contributed by atoms with Crippen molar-refractivity contribution in [2.75, 3.05) is 33.4 Å². The normalized spacial score (nSPS) is 20.5. The Kier molecular flexibility index (Phi) is 4.39. The summed E-state index contributed by atoms with van der Waals surface area (Å²) in [6.45, 7) is 5.60. The SMILES string of the molecule is COCCN1CCC(C(C)=O)CC1. The molecule has 0 amide bonds. The van der Waals surface area contributed by atoms with Crippen LogP contribution in [0.1, 0.15) is 19.8 Å². The largest absolute Gasteiger partial charge is 0.383 e. The summed E-state index contributed by atoms with van der Waals surface area (Å²) < 4.78 is 5.01. The van der Waals surface area contributed by atoms with Gasteiger partial charge in [-0.15, -0.1) is 0 Å². The fourth-order valence-electron chi connectivity index (χ4n) is 1.78. The van der Waals surface area contributed by atoms with Crippen LogP contribution in [0.4, 0.5) is 0 Å². The van der Waals surface area contributed by atoms with Crippen molar-refractivity contribution in [1.29, 1.82) is 0 Å². The summed E-state index contributed by atoms with van der Waals surface area (Å²) in [5, 5.41) is 0. The Bertz CT molecular complexity index is 162. The molecule has 1 aliphatic rings. The number of hydrogen-bond acceptors (Lipinski definition) is 3. The number of ketones is 1. The van der Waals surface area contributed by atoms with Crippen LogP contribution < -0.4 is 0 Å². The second-order valence-corrected chi connectivity index (χ2v) is 3.72. The molecule has 3 nitrogen and oxygen atoms in total. The molecule has 1 saturated heterocycles. The molecular formula is C10H19NO2. The van der Waals surface area contributed by atoms with E-state index in [2.05, 4.69) is 4.90 Å². The van der Waals surface area contributed by atoms with Gasteiger partial charge in [-0.3, -0.25) is 4.79 Å². The minimum Gasteiger partial charge on any atom is -0.383 e. The van der Waals surface area contributed by atoms with Crippen LogP contribution in [0.3, 0.4) is 0 Å². The van der Waals surface area contributed by atoms with Gasteiger partial charge in [0.2, 0.25) is 0 Å². The summed E-state index contributed by atoms with van der Waals surface area (Å²) in [6, 6.07) is 0. The zero-order valence-electron chi connectivity index (χ0n) is 8.58. The van der Waals surface area contributed by atoms with Crippen molar-refractivity contribution >= 4 is 5.78 Å². The van der Waals surface area contributed by atoms with Gasteiger partial charge in [-0.25, -0.2) is 0 Å². The monoisotopic (exact) mass is 185 g/mol. The van der Waals surface area contributed by atoms with Crippen LogP contribution in [0.5, 0.6) is 0 Å². The molecule has 0 aromatic heterocycles. The first-order valence-corrected chi connectivity index (χ1v) is 4.95. The predicted molar refractivity (Wildman–Crippen MR) is 51.7 cm³/mol. The van der Waals surface area contributed by atoms with Gasteiger partial charge in [0.15, 0.2) is 0 Å². The third-order valence-corrected chi connectivity index (χ3v) is 2.77. The number of carbonyl (C=O) groups is 1. The van der Waals surface area contributed by atoms with Gasteiger partial charge in [-0.1, -0.05) is 0 Å². The molecule has 13 heavy (non-hydrogen) atoms. The second-order valence-electron chi connectivity index (χ2n) is 3.72. The first-order chi connectivity index (χ1) is 6.24. The molecule has 1 heterocycles. The molecule has 0 radical (unpaired) electrons. The molecule has 76 valence electrons. The third kappa shape index (κ3) is 3.44. The topological polar surface area (TPSA) is 29.5 Å². The van der Waals surface area contributed by atoms with E-state index in [1.54, 1.807) is 14.0 Å². The number of nitrogens with zero attached hydrogens (tertiary/aromatic N) is 1. The van der Waals surface area contributed by atoms with E-state index in [1.165, 1.54) is 0 Å². The maximum absolute atomic E-state index is 11.1. The number of rotatable bonds is 4. The van der Waals surface area contributed by atoms with E-state index in [9.17, 15) is 4.79 Å². The van der Waals surface area contributed by atoms with Gasteiger partial charge in [-0.2, -0.15) is 0 Å². The van der Waals surface area contributed by atoms with Gasteiger partial charge in [0, 0.05) is 19.6 Å². The zero-order valence-corrected chi connectivity index (χ0v) is 8.58. The van der Waals surface area contributed by atoms with Crippen molar-refractivity contribution in [3.63, 3.8) is 0 Å². The summed E-state index contributed by atoms with van der Waals surface area (Å²) in [7, 11) is 1.72. The Morgan fingerprint density at radius 2 is 2.08 bits per heavy atom. The van der Waals surface area contributed by atoms with E-state index >= 15 is 0 Å². The van der Waals surface area contributed by atoms with Crippen molar-refractivity contribution in [1.82, 2.24) is 4.90 Å². The smallest absolute Gasteiger partial charge is 0.133 e. The molecule has 0 unspecified atom stereocenters. The van der Waals surface area contributed by atoms with Crippen LogP contribution in [0.25, 0.3) is 0 Å². The minimum absolute atomic E-state index is 0.318. The van der Waals surface area contributed by atoms with Crippen molar-refractivity contribution in [3.8, 4) is 0 Å². The highest BCUT2D eigenvalue weighted by Gasteiger charge is 2.21. The molecule has 0 atom stereocenters. The van der Waals surface area contributed by atoms with Crippen molar-refractivity contribution in [2.24, 2.45) is 5.92 Å². The zero-order chi connectivity index (χ0) is 9.68. The fraction of sp³-hybridized carbons (Fsp3) is 0.900. The molecule has 1 aliphatic heterocycles. The molecule has 0 N–H and O–H groups in total. The van der Waals surface area contributed by atoms with E-state index in [4.69, 9.17) is 4.74 Å². The molecule has 0 spiro atoms. The van der Waals surface area contributed by atoms with Crippen LogP contribution in [-0.4, -0.2) is 44.0 Å². The molecule has 1 fully saturated rings. The molecular weight excluding hydrogens is 166 g/mol. The lowest BCUT2D eigenvalue weighted by atomic mass is 9.93. The summed E-state index contributed by atoms with van der Waals surface area (Å²) >= 11 is 0. The van der Waals surface area contributed by atoms with Crippen molar-refractivity contribution < 1.29 is 9.53 Å². The summed E-state index contributed by atoms with van der Waals surface area (Å²) in [6.07, 6.45) is 2.05.